The van der Waals surface area contributed by atoms with E-state index in [0.29, 0.717) is 10.6 Å². The number of ketones is 1. The first-order valence-corrected chi connectivity index (χ1v) is 8.71. The zero-order chi connectivity index (χ0) is 19.7. The molecule has 5 nitrogen and oxygen atoms in total. The molecule has 1 aliphatic heterocycles. The molecule has 3 rings (SSSR count). The van der Waals surface area contributed by atoms with Crippen LogP contribution in [-0.4, -0.2) is 40.0 Å². The predicted octanol–water partition coefficient (Wildman–Crippen LogP) is 3.55. The van der Waals surface area contributed by atoms with Crippen LogP contribution in [0.4, 0.5) is 4.39 Å². The average Bonchev–Trinajstić information content (AvgIpc) is 2.87. The third-order valence-corrected chi connectivity index (χ3v) is 4.82. The fourth-order valence-electron chi connectivity index (χ4n) is 3.03. The highest BCUT2D eigenvalue weighted by atomic mass is 35.5. The Hall–Kier alpha value is -2.41. The van der Waals surface area contributed by atoms with Gasteiger partial charge in [0.05, 0.1) is 18.2 Å². The van der Waals surface area contributed by atoms with Crippen molar-refractivity contribution in [2.24, 2.45) is 0 Å². The molecule has 1 aliphatic rings. The summed E-state index contributed by atoms with van der Waals surface area (Å²) >= 11 is 12.2. The molecule has 0 radical (unpaired) electrons. The molecule has 1 unspecified atom stereocenters. The van der Waals surface area contributed by atoms with E-state index in [9.17, 15) is 24.2 Å². The quantitative estimate of drug-likeness (QED) is 0.459. The summed E-state index contributed by atoms with van der Waals surface area (Å²) < 4.78 is 13.2. The second-order valence-electron chi connectivity index (χ2n) is 5.89. The van der Waals surface area contributed by atoms with Crippen LogP contribution in [0, 0.1) is 5.82 Å². The molecule has 1 saturated heterocycles. The van der Waals surface area contributed by atoms with Crippen LogP contribution in [0.1, 0.15) is 17.2 Å². The van der Waals surface area contributed by atoms with Crippen molar-refractivity contribution < 1.29 is 24.2 Å². The first-order chi connectivity index (χ1) is 12.8. The number of β-amino-alcohol motifs (C(OH)–C–C–N with tert-alkyl or cyclic N) is 1. The number of hydrogen-bond donors (Lipinski definition) is 2. The van der Waals surface area contributed by atoms with Crippen molar-refractivity contribution in [1.82, 2.24) is 4.90 Å². The van der Waals surface area contributed by atoms with Gasteiger partial charge < -0.3 is 15.1 Å². The van der Waals surface area contributed by atoms with Crippen molar-refractivity contribution in [3.63, 3.8) is 0 Å². The first-order valence-electron chi connectivity index (χ1n) is 7.95. The molecule has 1 amide bonds. The summed E-state index contributed by atoms with van der Waals surface area (Å²) in [5.41, 5.74) is 0.357. The fraction of sp³-hybridized carbons (Fsp3) is 0.158. The topological polar surface area (TPSA) is 77.8 Å². The summed E-state index contributed by atoms with van der Waals surface area (Å²) in [6.45, 7) is -0.514. The van der Waals surface area contributed by atoms with Gasteiger partial charge in [0.15, 0.2) is 0 Å². The van der Waals surface area contributed by atoms with Gasteiger partial charge in [-0.3, -0.25) is 9.59 Å². The Morgan fingerprint density at radius 1 is 1.11 bits per heavy atom. The van der Waals surface area contributed by atoms with Gasteiger partial charge in [-0.05, 0) is 42.0 Å². The molecule has 1 fully saturated rings. The molecule has 1 heterocycles. The number of nitrogens with zero attached hydrogens (tertiary/aromatic N) is 1. The van der Waals surface area contributed by atoms with Gasteiger partial charge in [-0.2, -0.15) is 0 Å². The first kappa shape index (κ1) is 19.4. The normalized spacial score (nSPS) is 19.0. The third kappa shape index (κ3) is 3.56. The second-order valence-corrected chi connectivity index (χ2v) is 6.73. The Morgan fingerprint density at radius 2 is 1.78 bits per heavy atom. The summed E-state index contributed by atoms with van der Waals surface area (Å²) in [7, 11) is 0. The molecular weight excluding hydrogens is 396 g/mol. The lowest BCUT2D eigenvalue weighted by Crippen LogP contribution is -2.32. The van der Waals surface area contributed by atoms with Crippen molar-refractivity contribution in [3.8, 4) is 0 Å². The van der Waals surface area contributed by atoms with Crippen LogP contribution in [0.15, 0.2) is 48.0 Å². The van der Waals surface area contributed by atoms with Crippen LogP contribution in [-0.2, 0) is 9.59 Å². The summed E-state index contributed by atoms with van der Waals surface area (Å²) in [5, 5.41) is 20.5. The van der Waals surface area contributed by atoms with Crippen LogP contribution in [0.5, 0.6) is 0 Å². The van der Waals surface area contributed by atoms with E-state index in [1.807, 2.05) is 0 Å². The van der Waals surface area contributed by atoms with E-state index in [2.05, 4.69) is 0 Å². The monoisotopic (exact) mass is 409 g/mol. The van der Waals surface area contributed by atoms with Gasteiger partial charge in [-0.1, -0.05) is 29.3 Å². The minimum atomic E-state index is -1.01. The van der Waals surface area contributed by atoms with E-state index in [1.54, 1.807) is 12.1 Å². The van der Waals surface area contributed by atoms with Gasteiger partial charge in [-0.15, -0.1) is 0 Å². The van der Waals surface area contributed by atoms with Crippen LogP contribution in [0.2, 0.25) is 10.0 Å². The van der Waals surface area contributed by atoms with Crippen molar-refractivity contribution in [1.29, 1.82) is 0 Å². The Balaban J connectivity index is 2.22. The van der Waals surface area contributed by atoms with Crippen molar-refractivity contribution in [2.75, 3.05) is 13.2 Å². The minimum absolute atomic E-state index is 0.131. The standard InChI is InChI=1S/C19H14Cl2FNO4/c20-11-3-6-13(14(21)9-11)16-15(18(26)19(27)23(16)7-8-24)17(25)10-1-4-12(22)5-2-10/h1-6,9,16,24-25H,7-8H2/b17-15-. The van der Waals surface area contributed by atoms with Gasteiger partial charge in [0.1, 0.15) is 11.6 Å². The van der Waals surface area contributed by atoms with E-state index >= 15 is 0 Å². The number of Topliss-reactive ketones (excluding diaryl/α,β-unsaturated/α-hetero) is 1. The van der Waals surface area contributed by atoms with Gasteiger partial charge in [-0.25, -0.2) is 4.39 Å². The van der Waals surface area contributed by atoms with E-state index in [1.165, 1.54) is 18.2 Å². The SMILES string of the molecule is O=C1C(=O)N(CCO)C(c2ccc(Cl)cc2Cl)/C1=C(/O)c1ccc(F)cc1. The highest BCUT2D eigenvalue weighted by molar-refractivity contribution is 6.47. The van der Waals surface area contributed by atoms with Gasteiger partial charge in [0.2, 0.25) is 0 Å². The predicted molar refractivity (Wildman–Crippen MR) is 99.0 cm³/mol. The molecule has 1 atom stereocenters. The Labute approximate surface area is 164 Å². The number of halogens is 3. The van der Waals surface area contributed by atoms with Crippen LogP contribution >= 0.6 is 23.2 Å². The molecule has 140 valence electrons. The van der Waals surface area contributed by atoms with Gasteiger partial charge in [0.25, 0.3) is 11.7 Å². The Bertz CT molecular complexity index is 943. The Kier molecular flexibility index (Phi) is 5.51. The summed E-state index contributed by atoms with van der Waals surface area (Å²) in [6.07, 6.45) is 0. The lowest BCUT2D eigenvalue weighted by atomic mass is 9.95. The lowest BCUT2D eigenvalue weighted by Gasteiger charge is -2.25. The zero-order valence-corrected chi connectivity index (χ0v) is 15.3. The smallest absolute Gasteiger partial charge is 0.295 e. The molecule has 0 bridgehead atoms. The molecule has 27 heavy (non-hydrogen) atoms. The van der Waals surface area contributed by atoms with Gasteiger partial charge >= 0.3 is 0 Å². The van der Waals surface area contributed by atoms with Crippen LogP contribution < -0.4 is 0 Å². The largest absolute Gasteiger partial charge is 0.507 e. The van der Waals surface area contributed by atoms with E-state index in [-0.39, 0.29) is 29.3 Å². The van der Waals surface area contributed by atoms with Gasteiger partial charge in [0, 0.05) is 22.2 Å². The number of amides is 1. The number of hydrogen-bond acceptors (Lipinski definition) is 4. The number of aliphatic hydroxyl groups is 2. The summed E-state index contributed by atoms with van der Waals surface area (Å²) in [6, 6.07) is 8.38. The van der Waals surface area contributed by atoms with E-state index in [4.69, 9.17) is 23.2 Å². The number of carbonyl (C=O) groups excluding carboxylic acids is 2. The number of likely N-dealkylation sites (tertiary alicyclic amines) is 1. The summed E-state index contributed by atoms with van der Waals surface area (Å²) in [4.78, 5) is 26.2. The van der Waals surface area contributed by atoms with E-state index in [0.717, 1.165) is 17.0 Å². The molecule has 0 spiro atoms. The van der Waals surface area contributed by atoms with Crippen molar-refractivity contribution in [3.05, 3.63) is 75.0 Å². The maximum Gasteiger partial charge on any atom is 0.295 e. The molecule has 0 saturated carbocycles. The molecule has 0 aromatic heterocycles. The van der Waals surface area contributed by atoms with Crippen LogP contribution in [0.25, 0.3) is 5.76 Å². The van der Waals surface area contributed by atoms with E-state index < -0.39 is 29.3 Å². The highest BCUT2D eigenvalue weighted by Crippen LogP contribution is 2.42. The molecule has 8 heteroatoms. The van der Waals surface area contributed by atoms with Crippen molar-refractivity contribution >= 4 is 40.7 Å². The fourth-order valence-corrected chi connectivity index (χ4v) is 3.54. The highest BCUT2D eigenvalue weighted by Gasteiger charge is 2.46. The molecular formula is C19H14Cl2FNO4. The second kappa shape index (κ2) is 7.68. The number of aliphatic hydroxyl groups excluding tert-OH is 2. The maximum atomic E-state index is 13.2. The molecule has 0 aliphatic carbocycles. The molecule has 2 aromatic rings. The zero-order valence-electron chi connectivity index (χ0n) is 13.8. The number of carbonyl (C=O) groups is 2. The number of benzene rings is 2. The Morgan fingerprint density at radius 3 is 2.37 bits per heavy atom. The molecule has 2 N–H and O–H groups in total. The van der Waals surface area contributed by atoms with Crippen molar-refractivity contribution in [2.45, 2.75) is 6.04 Å². The summed E-state index contributed by atoms with van der Waals surface area (Å²) in [5.74, 6) is -2.75. The minimum Gasteiger partial charge on any atom is -0.507 e. The number of rotatable bonds is 4. The molecule has 2 aromatic carbocycles. The third-order valence-electron chi connectivity index (χ3n) is 4.26. The average molecular weight is 410 g/mol. The maximum absolute atomic E-state index is 13.2. The lowest BCUT2D eigenvalue weighted by molar-refractivity contribution is -0.140. The van der Waals surface area contributed by atoms with Crippen LogP contribution in [0.3, 0.4) is 0 Å².